The second-order valence-corrected chi connectivity index (χ2v) is 12.5. The van der Waals surface area contributed by atoms with Gasteiger partial charge >= 0.3 is 0 Å². The molecule has 0 bridgehead atoms. The van der Waals surface area contributed by atoms with Crippen LogP contribution in [0, 0.1) is 0 Å². The van der Waals surface area contributed by atoms with Crippen LogP contribution in [0.4, 0.5) is 0 Å². The first kappa shape index (κ1) is 20.8. The average molecular weight is 485 g/mol. The van der Waals surface area contributed by atoms with Crippen LogP contribution in [0.5, 0.6) is 0 Å². The predicted octanol–water partition coefficient (Wildman–Crippen LogP) is 10.3. The van der Waals surface area contributed by atoms with Crippen LogP contribution in [0.3, 0.4) is 0 Å². The highest BCUT2D eigenvalue weighted by atomic mass is 14.4. The van der Waals surface area contributed by atoms with Gasteiger partial charge in [-0.3, -0.25) is 0 Å². The minimum atomic E-state index is -0.0943. The molecule has 0 aliphatic heterocycles. The highest BCUT2D eigenvalue weighted by Gasteiger charge is 2.39. The van der Waals surface area contributed by atoms with Crippen LogP contribution in [0.15, 0.2) is 97.1 Å². The van der Waals surface area contributed by atoms with Gasteiger partial charge in [-0.25, -0.2) is 0 Å². The first-order chi connectivity index (χ1) is 18.4. The third kappa shape index (κ3) is 2.22. The van der Waals surface area contributed by atoms with E-state index in [-0.39, 0.29) is 10.8 Å². The summed E-state index contributed by atoms with van der Waals surface area (Å²) >= 11 is 0. The highest BCUT2D eigenvalue weighted by molar-refractivity contribution is 6.30. The van der Waals surface area contributed by atoms with Crippen LogP contribution < -0.4 is 0 Å². The fraction of sp³-hybridized carbons (Fsp3) is 0.158. The van der Waals surface area contributed by atoms with Crippen LogP contribution in [0.2, 0.25) is 0 Å². The Hall–Kier alpha value is -4.16. The van der Waals surface area contributed by atoms with Gasteiger partial charge in [0.05, 0.1) is 0 Å². The molecule has 9 rings (SSSR count). The van der Waals surface area contributed by atoms with Gasteiger partial charge in [0.2, 0.25) is 0 Å². The zero-order valence-corrected chi connectivity index (χ0v) is 22.2. The van der Waals surface area contributed by atoms with Gasteiger partial charge in [-0.2, -0.15) is 0 Å². The molecule has 0 radical (unpaired) electrons. The van der Waals surface area contributed by atoms with E-state index in [1.54, 1.807) is 0 Å². The largest absolute Gasteiger partial charge is 0.0619 e. The molecule has 0 saturated carbocycles. The van der Waals surface area contributed by atoms with Crippen molar-refractivity contribution in [2.75, 3.05) is 0 Å². The predicted molar refractivity (Wildman–Crippen MR) is 163 cm³/mol. The first-order valence-electron chi connectivity index (χ1n) is 13.8. The van der Waals surface area contributed by atoms with Crippen molar-refractivity contribution in [2.45, 2.75) is 38.5 Å². The van der Waals surface area contributed by atoms with Crippen LogP contribution in [0.1, 0.15) is 49.9 Å². The summed E-state index contributed by atoms with van der Waals surface area (Å²) in [6.45, 7) is 9.65. The Morgan fingerprint density at radius 1 is 0.395 bits per heavy atom. The average Bonchev–Trinajstić information content (AvgIpc) is 3.16. The van der Waals surface area contributed by atoms with Crippen molar-refractivity contribution in [3.05, 3.63) is 119 Å². The van der Waals surface area contributed by atoms with Gasteiger partial charge in [0.1, 0.15) is 0 Å². The maximum Gasteiger partial charge on any atom is 0.0165 e. The summed E-state index contributed by atoms with van der Waals surface area (Å²) in [5.74, 6) is 0. The van der Waals surface area contributed by atoms with Crippen molar-refractivity contribution in [3.63, 3.8) is 0 Å². The molecule has 0 fully saturated rings. The second kappa shape index (κ2) is 6.45. The second-order valence-electron chi connectivity index (χ2n) is 12.5. The number of hydrogen-bond donors (Lipinski definition) is 0. The normalized spacial score (nSPS) is 16.3. The van der Waals surface area contributed by atoms with E-state index < -0.39 is 0 Å². The Balaban J connectivity index is 1.52. The van der Waals surface area contributed by atoms with Crippen LogP contribution in [-0.4, -0.2) is 0 Å². The molecule has 0 nitrogen and oxygen atoms in total. The summed E-state index contributed by atoms with van der Waals surface area (Å²) in [6.07, 6.45) is 0. The molecule has 0 amide bonds. The number of fused-ring (bicyclic) bond motifs is 8. The van der Waals surface area contributed by atoms with Crippen molar-refractivity contribution in [2.24, 2.45) is 0 Å². The van der Waals surface area contributed by atoms with Crippen LogP contribution >= 0.6 is 0 Å². The van der Waals surface area contributed by atoms with E-state index in [2.05, 4.69) is 125 Å². The lowest BCUT2D eigenvalue weighted by Crippen LogP contribution is -2.24. The van der Waals surface area contributed by atoms with E-state index in [4.69, 9.17) is 0 Å². The van der Waals surface area contributed by atoms with Gasteiger partial charge in [-0.1, -0.05) is 113 Å². The summed E-state index contributed by atoms with van der Waals surface area (Å²) < 4.78 is 0. The quantitative estimate of drug-likeness (QED) is 0.188. The summed E-state index contributed by atoms with van der Waals surface area (Å²) in [5, 5.41) is 11.1. The van der Waals surface area contributed by atoms with Gasteiger partial charge in [0.15, 0.2) is 0 Å². The van der Waals surface area contributed by atoms with Gasteiger partial charge in [-0.05, 0) is 99.7 Å². The van der Waals surface area contributed by atoms with E-state index >= 15 is 0 Å². The maximum atomic E-state index is 2.50. The zero-order valence-electron chi connectivity index (χ0n) is 22.2. The molecule has 7 aromatic carbocycles. The Kier molecular flexibility index (Phi) is 3.54. The topological polar surface area (TPSA) is 0 Å². The smallest absolute Gasteiger partial charge is 0.0165 e. The van der Waals surface area contributed by atoms with Gasteiger partial charge in [0.25, 0.3) is 0 Å². The van der Waals surface area contributed by atoms with Gasteiger partial charge < -0.3 is 0 Å². The summed E-state index contributed by atoms with van der Waals surface area (Å²) in [7, 11) is 0. The molecule has 0 N–H and O–H groups in total. The van der Waals surface area contributed by atoms with Crippen molar-refractivity contribution in [3.8, 4) is 22.3 Å². The molecule has 0 spiro atoms. The van der Waals surface area contributed by atoms with E-state index in [0.29, 0.717) is 0 Å². The lowest BCUT2D eigenvalue weighted by atomic mass is 9.66. The summed E-state index contributed by atoms with van der Waals surface area (Å²) in [4.78, 5) is 0. The fourth-order valence-electron chi connectivity index (χ4n) is 8.31. The Bertz CT molecular complexity index is 2170. The molecular weight excluding hydrogens is 456 g/mol. The molecule has 0 aromatic heterocycles. The minimum Gasteiger partial charge on any atom is -0.0619 e. The number of rotatable bonds is 0. The van der Waals surface area contributed by atoms with Crippen LogP contribution in [0.25, 0.3) is 65.3 Å². The van der Waals surface area contributed by atoms with E-state index in [9.17, 15) is 0 Å². The molecule has 180 valence electrons. The number of benzene rings is 7. The minimum absolute atomic E-state index is 0.0260. The Morgan fingerprint density at radius 2 is 1.08 bits per heavy atom. The molecule has 0 unspecified atom stereocenters. The number of hydrogen-bond acceptors (Lipinski definition) is 0. The third-order valence-electron chi connectivity index (χ3n) is 9.92. The summed E-state index contributed by atoms with van der Waals surface area (Å²) in [6, 6.07) is 37.1. The molecule has 0 atom stereocenters. The maximum absolute atomic E-state index is 2.50. The first-order valence-corrected chi connectivity index (χ1v) is 13.8. The molecule has 0 heteroatoms. The van der Waals surface area contributed by atoms with Crippen molar-refractivity contribution < 1.29 is 0 Å². The van der Waals surface area contributed by atoms with Gasteiger partial charge in [0, 0.05) is 10.8 Å². The fourth-order valence-corrected chi connectivity index (χ4v) is 8.31. The van der Waals surface area contributed by atoms with Crippen LogP contribution in [-0.2, 0) is 10.8 Å². The highest BCUT2D eigenvalue weighted by Crippen LogP contribution is 2.57. The Morgan fingerprint density at radius 3 is 1.97 bits per heavy atom. The lowest BCUT2D eigenvalue weighted by Gasteiger charge is -2.37. The molecule has 2 aliphatic rings. The monoisotopic (exact) mass is 484 g/mol. The molecular formula is C38H28. The molecule has 2 aliphatic carbocycles. The third-order valence-corrected chi connectivity index (χ3v) is 9.92. The SMILES string of the molecule is CC1(C)c2ccccc2-c2cc3cc4c5c(ccc6ccc(c21)c3c65)C(C)(C)c1c-4ccc2ccccc12. The lowest BCUT2D eigenvalue weighted by molar-refractivity contribution is 0.651. The van der Waals surface area contributed by atoms with Crippen molar-refractivity contribution in [1.82, 2.24) is 0 Å². The molecule has 0 saturated heterocycles. The molecule has 7 aromatic rings. The standard InChI is InChI=1S/C38H28/c1-37(2)30-12-8-7-11-25(30)29-20-23-19-28-26-16-13-21-9-5-6-10-24(21)35(26)38(3,4)31-18-15-22-14-17-27(36(29)37)32(23)33(22)34(28)31/h5-20H,1-4H3. The van der Waals surface area contributed by atoms with Crippen molar-refractivity contribution in [1.29, 1.82) is 0 Å². The zero-order chi connectivity index (χ0) is 25.6. The van der Waals surface area contributed by atoms with E-state index in [0.717, 1.165) is 0 Å². The molecule has 38 heavy (non-hydrogen) atoms. The van der Waals surface area contributed by atoms with Gasteiger partial charge in [-0.15, -0.1) is 0 Å². The Labute approximate surface area is 222 Å². The summed E-state index contributed by atoms with van der Waals surface area (Å²) in [5.41, 5.74) is 11.3. The van der Waals surface area contributed by atoms with Crippen molar-refractivity contribution >= 4 is 43.1 Å². The molecule has 0 heterocycles. The van der Waals surface area contributed by atoms with E-state index in [1.807, 2.05) is 0 Å². The van der Waals surface area contributed by atoms with E-state index in [1.165, 1.54) is 87.6 Å².